The number of aryl methyl sites for hydroxylation is 1. The highest BCUT2D eigenvalue weighted by Crippen LogP contribution is 2.37. The third-order valence-corrected chi connectivity index (χ3v) is 4.66. The van der Waals surface area contributed by atoms with E-state index < -0.39 is 0 Å². The molecule has 0 aliphatic heterocycles. The van der Waals surface area contributed by atoms with Crippen LogP contribution >= 0.6 is 45.8 Å². The van der Waals surface area contributed by atoms with Crippen LogP contribution in [0.5, 0.6) is 0 Å². The molecule has 0 saturated carbocycles. The smallest absolute Gasteiger partial charge is 0.0648 e. The number of hydrogen-bond acceptors (Lipinski definition) is 1. The highest BCUT2D eigenvalue weighted by Gasteiger charge is 2.22. The summed E-state index contributed by atoms with van der Waals surface area (Å²) in [7, 11) is 0. The zero-order valence-corrected chi connectivity index (χ0v) is 13.8. The van der Waals surface area contributed by atoms with Crippen LogP contribution in [0, 0.1) is 3.57 Å². The predicted molar refractivity (Wildman–Crippen MR) is 90.3 cm³/mol. The monoisotopic (exact) mass is 403 g/mol. The zero-order chi connectivity index (χ0) is 13.4. The summed E-state index contributed by atoms with van der Waals surface area (Å²) in [5.74, 6) is 0. The molecular weight excluding hydrogens is 392 g/mol. The minimum Gasteiger partial charge on any atom is -0.377 e. The molecule has 3 rings (SSSR count). The zero-order valence-electron chi connectivity index (χ0n) is 10.1. The maximum Gasteiger partial charge on any atom is 0.0648 e. The molecule has 0 fully saturated rings. The van der Waals surface area contributed by atoms with Crippen molar-refractivity contribution >= 4 is 51.5 Å². The van der Waals surface area contributed by atoms with E-state index in [-0.39, 0.29) is 0 Å². The standard InChI is InChI=1S/C15H12Cl2IN/c16-10-2-4-12-9(7-10)1-5-14(12)19-15-6-3-11(18)8-13(15)17/h2-4,6-8,14,19H,1,5H2. The summed E-state index contributed by atoms with van der Waals surface area (Å²) in [6, 6.07) is 12.5. The van der Waals surface area contributed by atoms with Crippen LogP contribution in [0.2, 0.25) is 10.0 Å². The molecule has 98 valence electrons. The van der Waals surface area contributed by atoms with Gasteiger partial charge in [-0.05, 0) is 76.9 Å². The molecule has 2 aromatic carbocycles. The third kappa shape index (κ3) is 2.86. The van der Waals surface area contributed by atoms with Crippen LogP contribution in [0.1, 0.15) is 23.6 Å². The van der Waals surface area contributed by atoms with Crippen LogP contribution in [0.15, 0.2) is 36.4 Å². The Hall–Kier alpha value is -0.450. The Labute approximate surface area is 136 Å². The Morgan fingerprint density at radius 1 is 1.11 bits per heavy atom. The van der Waals surface area contributed by atoms with Crippen LogP contribution in [-0.2, 0) is 6.42 Å². The van der Waals surface area contributed by atoms with Crippen LogP contribution in [0.4, 0.5) is 5.69 Å². The van der Waals surface area contributed by atoms with Crippen molar-refractivity contribution in [1.29, 1.82) is 0 Å². The summed E-state index contributed by atoms with van der Waals surface area (Å²) in [6.07, 6.45) is 2.15. The topological polar surface area (TPSA) is 12.0 Å². The van der Waals surface area contributed by atoms with Crippen molar-refractivity contribution in [2.75, 3.05) is 5.32 Å². The number of benzene rings is 2. The molecule has 0 radical (unpaired) electrons. The van der Waals surface area contributed by atoms with Crippen molar-refractivity contribution in [2.24, 2.45) is 0 Å². The van der Waals surface area contributed by atoms with Crippen molar-refractivity contribution in [3.8, 4) is 0 Å². The van der Waals surface area contributed by atoms with Gasteiger partial charge in [0.25, 0.3) is 0 Å². The van der Waals surface area contributed by atoms with Crippen molar-refractivity contribution in [3.05, 3.63) is 61.1 Å². The normalized spacial score (nSPS) is 17.3. The van der Waals surface area contributed by atoms with Gasteiger partial charge in [-0.15, -0.1) is 0 Å². The first-order valence-electron chi connectivity index (χ1n) is 6.13. The predicted octanol–water partition coefficient (Wildman–Crippen LogP) is 5.70. The van der Waals surface area contributed by atoms with Crippen molar-refractivity contribution in [3.63, 3.8) is 0 Å². The minimum atomic E-state index is 0.324. The van der Waals surface area contributed by atoms with E-state index in [1.54, 1.807) is 0 Å². The quantitative estimate of drug-likeness (QED) is 0.634. The lowest BCUT2D eigenvalue weighted by atomic mass is 10.1. The molecular formula is C15H12Cl2IN. The number of rotatable bonds is 2. The van der Waals surface area contributed by atoms with Gasteiger partial charge in [0.15, 0.2) is 0 Å². The van der Waals surface area contributed by atoms with E-state index in [4.69, 9.17) is 23.2 Å². The molecule has 0 aromatic heterocycles. The largest absolute Gasteiger partial charge is 0.377 e. The third-order valence-electron chi connectivity index (χ3n) is 3.44. The van der Waals surface area contributed by atoms with E-state index in [0.29, 0.717) is 6.04 Å². The van der Waals surface area contributed by atoms with Gasteiger partial charge in [-0.3, -0.25) is 0 Å². The molecule has 0 amide bonds. The van der Waals surface area contributed by atoms with Crippen molar-refractivity contribution in [2.45, 2.75) is 18.9 Å². The van der Waals surface area contributed by atoms with Crippen LogP contribution in [0.25, 0.3) is 0 Å². The van der Waals surface area contributed by atoms with Crippen molar-refractivity contribution in [1.82, 2.24) is 0 Å². The summed E-state index contributed by atoms with van der Waals surface area (Å²) in [4.78, 5) is 0. The molecule has 1 unspecified atom stereocenters. The second-order valence-electron chi connectivity index (χ2n) is 4.70. The highest BCUT2D eigenvalue weighted by molar-refractivity contribution is 14.1. The molecule has 0 spiro atoms. The molecule has 4 heteroatoms. The van der Waals surface area contributed by atoms with Gasteiger partial charge < -0.3 is 5.32 Å². The van der Waals surface area contributed by atoms with E-state index in [1.165, 1.54) is 11.1 Å². The number of nitrogens with one attached hydrogen (secondary N) is 1. The van der Waals surface area contributed by atoms with Gasteiger partial charge in [0.05, 0.1) is 16.8 Å². The van der Waals surface area contributed by atoms with E-state index >= 15 is 0 Å². The summed E-state index contributed by atoms with van der Waals surface area (Å²) in [5, 5.41) is 5.12. The molecule has 1 aliphatic carbocycles. The van der Waals surface area contributed by atoms with Gasteiger partial charge >= 0.3 is 0 Å². The molecule has 0 bridgehead atoms. The van der Waals surface area contributed by atoms with Gasteiger partial charge in [-0.25, -0.2) is 0 Å². The van der Waals surface area contributed by atoms with E-state index in [9.17, 15) is 0 Å². The molecule has 0 saturated heterocycles. The first kappa shape index (κ1) is 13.5. The van der Waals surface area contributed by atoms with E-state index in [1.807, 2.05) is 18.2 Å². The Balaban J connectivity index is 1.86. The van der Waals surface area contributed by atoms with Gasteiger partial charge in [-0.1, -0.05) is 29.3 Å². The SMILES string of the molecule is Clc1ccc2c(c1)CCC2Nc1ccc(I)cc1Cl. The van der Waals surface area contributed by atoms with Crippen molar-refractivity contribution < 1.29 is 0 Å². The second-order valence-corrected chi connectivity index (χ2v) is 6.79. The minimum absolute atomic E-state index is 0.324. The number of anilines is 1. The maximum atomic E-state index is 6.27. The molecule has 1 aliphatic rings. The van der Waals surface area contributed by atoms with Crippen LogP contribution < -0.4 is 5.32 Å². The Morgan fingerprint density at radius 3 is 2.74 bits per heavy atom. The molecule has 19 heavy (non-hydrogen) atoms. The fraction of sp³-hybridized carbons (Fsp3) is 0.200. The lowest BCUT2D eigenvalue weighted by Crippen LogP contribution is -2.07. The number of fused-ring (bicyclic) bond motifs is 1. The highest BCUT2D eigenvalue weighted by atomic mass is 127. The molecule has 2 aromatic rings. The molecule has 1 N–H and O–H groups in total. The number of hydrogen-bond donors (Lipinski definition) is 1. The van der Waals surface area contributed by atoms with Gasteiger partial charge in [-0.2, -0.15) is 0 Å². The first-order chi connectivity index (χ1) is 9.13. The Kier molecular flexibility index (Phi) is 3.92. The average molecular weight is 404 g/mol. The lowest BCUT2D eigenvalue weighted by molar-refractivity contribution is 0.762. The summed E-state index contributed by atoms with van der Waals surface area (Å²) >= 11 is 14.6. The number of halogens is 3. The Morgan fingerprint density at radius 2 is 1.95 bits per heavy atom. The van der Waals surface area contributed by atoms with Crippen LogP contribution in [-0.4, -0.2) is 0 Å². The maximum absolute atomic E-state index is 6.27. The van der Waals surface area contributed by atoms with E-state index in [0.717, 1.165) is 32.1 Å². The average Bonchev–Trinajstić information content (AvgIpc) is 2.75. The molecule has 1 nitrogen and oxygen atoms in total. The van der Waals surface area contributed by atoms with Gasteiger partial charge in [0, 0.05) is 8.59 Å². The summed E-state index contributed by atoms with van der Waals surface area (Å²) in [6.45, 7) is 0. The van der Waals surface area contributed by atoms with E-state index in [2.05, 4.69) is 46.1 Å². The molecule has 1 atom stereocenters. The fourth-order valence-electron chi connectivity index (χ4n) is 2.53. The lowest BCUT2D eigenvalue weighted by Gasteiger charge is -2.17. The summed E-state index contributed by atoms with van der Waals surface area (Å²) in [5.41, 5.74) is 3.67. The van der Waals surface area contributed by atoms with Gasteiger partial charge in [0.2, 0.25) is 0 Å². The Bertz CT molecular complexity index is 628. The fourth-order valence-corrected chi connectivity index (χ4v) is 3.64. The molecule has 0 heterocycles. The first-order valence-corrected chi connectivity index (χ1v) is 7.97. The summed E-state index contributed by atoms with van der Waals surface area (Å²) < 4.78 is 1.15. The van der Waals surface area contributed by atoms with Crippen LogP contribution in [0.3, 0.4) is 0 Å². The van der Waals surface area contributed by atoms with Gasteiger partial charge in [0.1, 0.15) is 0 Å². The second kappa shape index (κ2) is 5.51.